The van der Waals surface area contributed by atoms with Gasteiger partial charge < -0.3 is 20.7 Å². The molecule has 13 heteroatoms. The van der Waals surface area contributed by atoms with Gasteiger partial charge in [0.2, 0.25) is 5.88 Å². The third-order valence-electron chi connectivity index (χ3n) is 5.13. The molecule has 1 aliphatic heterocycles. The van der Waals surface area contributed by atoms with Crippen LogP contribution in [0.1, 0.15) is 34.6 Å². The molecule has 0 aromatic carbocycles. The molecule has 1 saturated heterocycles. The molecule has 3 N–H and O–H groups in total. The van der Waals surface area contributed by atoms with Crippen molar-refractivity contribution >= 4 is 33.9 Å². The maximum atomic E-state index is 12.9. The number of hydrogen-bond donors (Lipinski definition) is 3. The van der Waals surface area contributed by atoms with Gasteiger partial charge in [-0.2, -0.15) is 17.5 Å². The number of rotatable bonds is 7. The smallest absolute Gasteiger partial charge is 0.434 e. The van der Waals surface area contributed by atoms with Crippen molar-refractivity contribution in [2.24, 2.45) is 5.92 Å². The number of aromatic nitrogens is 4. The number of ether oxygens (including phenoxy) is 1. The Hall–Kier alpha value is -3.32. The maximum Gasteiger partial charge on any atom is 0.434 e. The van der Waals surface area contributed by atoms with E-state index in [1.54, 1.807) is 19.1 Å². The van der Waals surface area contributed by atoms with E-state index in [9.17, 15) is 18.0 Å². The fourth-order valence-electron chi connectivity index (χ4n) is 3.38. The second kappa shape index (κ2) is 10.3. The second-order valence-electron chi connectivity index (χ2n) is 7.74. The molecule has 9 nitrogen and oxygen atoms in total. The van der Waals surface area contributed by atoms with Crippen molar-refractivity contribution in [1.82, 2.24) is 24.6 Å². The van der Waals surface area contributed by atoms with E-state index in [1.165, 1.54) is 6.20 Å². The van der Waals surface area contributed by atoms with Crippen molar-refractivity contribution in [3.63, 3.8) is 0 Å². The Kier molecular flexibility index (Phi) is 7.22. The minimum Gasteiger partial charge on any atom is -0.477 e. The molecular formula is C21H22F3N7O2S. The molecule has 4 heterocycles. The molecule has 180 valence electrons. The quantitative estimate of drug-likeness (QED) is 0.452. The van der Waals surface area contributed by atoms with Gasteiger partial charge in [-0.15, -0.1) is 0 Å². The van der Waals surface area contributed by atoms with Gasteiger partial charge in [0, 0.05) is 18.5 Å². The van der Waals surface area contributed by atoms with Crippen molar-refractivity contribution in [3.8, 4) is 5.88 Å². The van der Waals surface area contributed by atoms with Gasteiger partial charge in [0.1, 0.15) is 10.8 Å². The number of alkyl halides is 3. The molecule has 4 rings (SSSR count). The first-order chi connectivity index (χ1) is 16.3. The highest BCUT2D eigenvalue weighted by atomic mass is 32.1. The van der Waals surface area contributed by atoms with Gasteiger partial charge in [-0.1, -0.05) is 0 Å². The first-order valence-corrected chi connectivity index (χ1v) is 11.3. The summed E-state index contributed by atoms with van der Waals surface area (Å²) in [4.78, 5) is 24.2. The Morgan fingerprint density at radius 1 is 1.24 bits per heavy atom. The first kappa shape index (κ1) is 23.8. The first-order valence-electron chi connectivity index (χ1n) is 10.5. The lowest BCUT2D eigenvalue weighted by atomic mass is 10.0. The standard InChI is InChI=1S/C21H22F3N7O2S/c1-12-18(20(34-31-12)30-16-10-26-15(9-27-16)21(22,23)24)19(32)29-14-4-5-17(28-8-14)33-11-13-3-2-6-25-7-13/h4-5,8-10,13,25H,2-3,6-7,11H2,1H3,(H,27,30)(H,29,32)/t13-/m1/s1. The predicted octanol–water partition coefficient (Wildman–Crippen LogP) is 4.03. The van der Waals surface area contributed by atoms with E-state index < -0.39 is 17.8 Å². The summed E-state index contributed by atoms with van der Waals surface area (Å²) in [7, 11) is 0. The van der Waals surface area contributed by atoms with Gasteiger partial charge in [-0.05, 0) is 43.9 Å². The third-order valence-corrected chi connectivity index (χ3v) is 5.99. The van der Waals surface area contributed by atoms with Crippen LogP contribution in [0.25, 0.3) is 0 Å². The summed E-state index contributed by atoms with van der Waals surface area (Å²) in [6.45, 7) is 4.20. The van der Waals surface area contributed by atoms with Crippen LogP contribution in [0.15, 0.2) is 30.7 Å². The molecule has 0 spiro atoms. The fraction of sp³-hybridized carbons (Fsp3) is 0.381. The van der Waals surface area contributed by atoms with Gasteiger partial charge in [-0.25, -0.2) is 15.0 Å². The Labute approximate surface area is 197 Å². The summed E-state index contributed by atoms with van der Waals surface area (Å²) in [5.41, 5.74) is 0.0603. The van der Waals surface area contributed by atoms with Gasteiger partial charge in [0.25, 0.3) is 5.91 Å². The molecule has 3 aromatic rings. The maximum absolute atomic E-state index is 12.9. The minimum absolute atomic E-state index is 0.0574. The molecular weight excluding hydrogens is 471 g/mol. The lowest BCUT2D eigenvalue weighted by Crippen LogP contribution is -2.33. The summed E-state index contributed by atoms with van der Waals surface area (Å²) in [6, 6.07) is 3.37. The van der Waals surface area contributed by atoms with Crippen molar-refractivity contribution in [1.29, 1.82) is 0 Å². The summed E-state index contributed by atoms with van der Waals surface area (Å²) in [5, 5.41) is 9.23. The number of hydrogen-bond acceptors (Lipinski definition) is 9. The molecule has 3 aromatic heterocycles. The normalized spacial score (nSPS) is 16.2. The molecule has 1 aliphatic rings. The number of nitrogens with zero attached hydrogens (tertiary/aromatic N) is 4. The van der Waals surface area contributed by atoms with E-state index in [-0.39, 0.29) is 11.4 Å². The molecule has 1 atom stereocenters. The van der Waals surface area contributed by atoms with Gasteiger partial charge >= 0.3 is 6.18 Å². The molecule has 0 unspecified atom stereocenters. The van der Waals surface area contributed by atoms with E-state index >= 15 is 0 Å². The monoisotopic (exact) mass is 493 g/mol. The number of halogens is 3. The molecule has 1 fully saturated rings. The highest BCUT2D eigenvalue weighted by Crippen LogP contribution is 2.30. The Morgan fingerprint density at radius 3 is 2.74 bits per heavy atom. The van der Waals surface area contributed by atoms with Crippen molar-refractivity contribution < 1.29 is 22.7 Å². The van der Waals surface area contributed by atoms with E-state index in [0.717, 1.165) is 43.7 Å². The summed E-state index contributed by atoms with van der Waals surface area (Å²) >= 11 is 0.989. The van der Waals surface area contributed by atoms with Gasteiger partial charge in [0.15, 0.2) is 5.69 Å². The van der Waals surface area contributed by atoms with Crippen LogP contribution in [0.3, 0.4) is 0 Å². The number of carbonyl (C=O) groups is 1. The number of amides is 1. The lowest BCUT2D eigenvalue weighted by molar-refractivity contribution is -0.141. The average molecular weight is 494 g/mol. The van der Waals surface area contributed by atoms with Crippen LogP contribution >= 0.6 is 11.5 Å². The number of carbonyl (C=O) groups excluding carboxylic acids is 1. The minimum atomic E-state index is -4.58. The Morgan fingerprint density at radius 2 is 2.09 bits per heavy atom. The SMILES string of the molecule is Cc1nsc(Nc2cnc(C(F)(F)F)cn2)c1C(=O)Nc1ccc(OC[C@@H]2CCCNC2)nc1. The Bertz CT molecular complexity index is 1110. The molecule has 34 heavy (non-hydrogen) atoms. The van der Waals surface area contributed by atoms with Crippen LogP contribution in [-0.2, 0) is 6.18 Å². The summed E-state index contributed by atoms with van der Waals surface area (Å²) in [6.07, 6.45) is 0.728. The molecule has 0 radical (unpaired) electrons. The van der Waals surface area contributed by atoms with Crippen LogP contribution in [0.4, 0.5) is 29.7 Å². The highest BCUT2D eigenvalue weighted by molar-refractivity contribution is 7.10. The zero-order valence-electron chi connectivity index (χ0n) is 18.1. The summed E-state index contributed by atoms with van der Waals surface area (Å²) in [5.74, 6) is 0.531. The van der Waals surface area contributed by atoms with Crippen LogP contribution in [0.2, 0.25) is 0 Å². The zero-order chi connectivity index (χ0) is 24.1. The third kappa shape index (κ3) is 5.97. The molecule has 0 bridgehead atoms. The number of piperidine rings is 1. The molecule has 0 saturated carbocycles. The largest absolute Gasteiger partial charge is 0.477 e. The molecule has 1 amide bonds. The zero-order valence-corrected chi connectivity index (χ0v) is 19.0. The van der Waals surface area contributed by atoms with Gasteiger partial charge in [0.05, 0.1) is 42.1 Å². The topological polar surface area (TPSA) is 114 Å². The van der Waals surface area contributed by atoms with Crippen LogP contribution in [0, 0.1) is 12.8 Å². The van der Waals surface area contributed by atoms with Crippen molar-refractivity contribution in [3.05, 3.63) is 47.7 Å². The average Bonchev–Trinajstić information content (AvgIpc) is 3.19. The highest BCUT2D eigenvalue weighted by Gasteiger charge is 2.32. The van der Waals surface area contributed by atoms with Crippen LogP contribution < -0.4 is 20.7 Å². The van der Waals surface area contributed by atoms with Crippen molar-refractivity contribution in [2.75, 3.05) is 30.3 Å². The number of anilines is 3. The van der Waals surface area contributed by atoms with Crippen LogP contribution in [0.5, 0.6) is 5.88 Å². The number of nitrogens with one attached hydrogen (secondary N) is 3. The van der Waals surface area contributed by atoms with E-state index in [4.69, 9.17) is 4.74 Å². The number of pyridine rings is 1. The van der Waals surface area contributed by atoms with E-state index in [0.29, 0.717) is 41.0 Å². The van der Waals surface area contributed by atoms with Gasteiger partial charge in [-0.3, -0.25) is 4.79 Å². The van der Waals surface area contributed by atoms with Crippen LogP contribution in [-0.4, -0.2) is 44.9 Å². The van der Waals surface area contributed by atoms with Crippen molar-refractivity contribution in [2.45, 2.75) is 25.9 Å². The molecule has 0 aliphatic carbocycles. The second-order valence-corrected chi connectivity index (χ2v) is 8.52. The Balaban J connectivity index is 1.38. The lowest BCUT2D eigenvalue weighted by Gasteiger charge is -2.22. The predicted molar refractivity (Wildman–Crippen MR) is 120 cm³/mol. The summed E-state index contributed by atoms with van der Waals surface area (Å²) < 4.78 is 48.0. The van der Waals surface area contributed by atoms with E-state index in [1.807, 2.05) is 0 Å². The fourth-order valence-corrected chi connectivity index (χ4v) is 4.18. The number of aryl methyl sites for hydroxylation is 1. The van der Waals surface area contributed by atoms with E-state index in [2.05, 4.69) is 35.3 Å².